The van der Waals surface area contributed by atoms with Gasteiger partial charge in [0.05, 0.1) is 11.5 Å². The summed E-state index contributed by atoms with van der Waals surface area (Å²) < 4.78 is 0. The van der Waals surface area contributed by atoms with Crippen molar-refractivity contribution in [1.29, 1.82) is 0 Å². The van der Waals surface area contributed by atoms with Crippen molar-refractivity contribution in [2.24, 2.45) is 62.6 Å². The third kappa shape index (κ3) is 3.57. The molecular formula is C32H53NO4. The Kier molecular flexibility index (Phi) is 6.46. The average molecular weight is 516 g/mol. The summed E-state index contributed by atoms with van der Waals surface area (Å²) in [5.74, 6) is 2.16. The number of nitrogens with one attached hydrogen (secondary N) is 1. The van der Waals surface area contributed by atoms with Gasteiger partial charge >= 0.3 is 5.97 Å². The molecular weight excluding hydrogens is 462 g/mol. The molecule has 0 aliphatic heterocycles. The molecule has 5 fully saturated rings. The number of carboxylic acid groups (broad SMARTS) is 1. The van der Waals surface area contributed by atoms with E-state index in [1.54, 1.807) is 0 Å². The highest BCUT2D eigenvalue weighted by molar-refractivity contribution is 5.86. The summed E-state index contributed by atoms with van der Waals surface area (Å²) in [6.45, 7) is 16.8. The molecule has 0 spiro atoms. The Morgan fingerprint density at radius 2 is 1.54 bits per heavy atom. The number of hydrogen-bond donors (Lipinski definition) is 3. The molecule has 5 saturated carbocycles. The maximum atomic E-state index is 13.8. The molecule has 0 saturated heterocycles. The van der Waals surface area contributed by atoms with Crippen LogP contribution in [0.1, 0.15) is 113 Å². The maximum Gasteiger partial charge on any atom is 0.322 e. The van der Waals surface area contributed by atoms with Crippen LogP contribution in [0.15, 0.2) is 0 Å². The van der Waals surface area contributed by atoms with Crippen molar-refractivity contribution in [3.05, 3.63) is 0 Å². The number of aliphatic hydroxyl groups is 1. The fourth-order valence-corrected chi connectivity index (χ4v) is 12.1. The Labute approximate surface area is 224 Å². The van der Waals surface area contributed by atoms with E-state index in [0.29, 0.717) is 35.5 Å². The van der Waals surface area contributed by atoms with Crippen LogP contribution in [0.5, 0.6) is 0 Å². The number of carbonyl (C=O) groups is 2. The molecule has 10 atom stereocenters. The third-order valence-corrected chi connectivity index (χ3v) is 14.2. The second-order valence-electron chi connectivity index (χ2n) is 15.7. The van der Waals surface area contributed by atoms with Gasteiger partial charge in [-0.15, -0.1) is 0 Å². The fourth-order valence-electron chi connectivity index (χ4n) is 12.1. The van der Waals surface area contributed by atoms with Crippen LogP contribution in [0.3, 0.4) is 0 Å². The highest BCUT2D eigenvalue weighted by atomic mass is 16.4. The van der Waals surface area contributed by atoms with Crippen molar-refractivity contribution < 1.29 is 19.8 Å². The fraction of sp³-hybridized carbons (Fsp3) is 0.938. The lowest BCUT2D eigenvalue weighted by atomic mass is 9.32. The van der Waals surface area contributed by atoms with Gasteiger partial charge in [-0.1, -0.05) is 48.5 Å². The van der Waals surface area contributed by atoms with Crippen LogP contribution in [-0.4, -0.2) is 34.7 Å². The number of hydrogen-bond acceptors (Lipinski definition) is 3. The largest absolute Gasteiger partial charge is 0.480 e. The van der Waals surface area contributed by atoms with Gasteiger partial charge in [0.1, 0.15) is 6.54 Å². The zero-order chi connectivity index (χ0) is 27.2. The van der Waals surface area contributed by atoms with Crippen LogP contribution < -0.4 is 5.32 Å². The highest BCUT2D eigenvalue weighted by Crippen LogP contribution is 2.77. The molecule has 5 aliphatic carbocycles. The van der Waals surface area contributed by atoms with Crippen LogP contribution >= 0.6 is 0 Å². The van der Waals surface area contributed by atoms with Crippen molar-refractivity contribution in [1.82, 2.24) is 5.32 Å². The van der Waals surface area contributed by atoms with Gasteiger partial charge in [-0.3, -0.25) is 9.59 Å². The van der Waals surface area contributed by atoms with Crippen LogP contribution in [0.25, 0.3) is 0 Å². The van der Waals surface area contributed by atoms with Crippen LogP contribution in [0.2, 0.25) is 0 Å². The molecule has 5 aliphatic rings. The molecule has 0 aromatic heterocycles. The van der Waals surface area contributed by atoms with Crippen molar-refractivity contribution >= 4 is 11.9 Å². The van der Waals surface area contributed by atoms with Gasteiger partial charge in [0.15, 0.2) is 0 Å². The Hall–Kier alpha value is -1.10. The van der Waals surface area contributed by atoms with Gasteiger partial charge in [0.2, 0.25) is 5.91 Å². The maximum absolute atomic E-state index is 13.8. The Balaban J connectivity index is 1.52. The molecule has 0 heterocycles. The van der Waals surface area contributed by atoms with E-state index in [9.17, 15) is 19.8 Å². The molecule has 0 aromatic rings. The first-order valence-electron chi connectivity index (χ1n) is 15.3. The summed E-state index contributed by atoms with van der Waals surface area (Å²) in [5.41, 5.74) is 0.223. The monoisotopic (exact) mass is 515 g/mol. The van der Waals surface area contributed by atoms with E-state index in [1.807, 2.05) is 0 Å². The summed E-state index contributed by atoms with van der Waals surface area (Å²) in [4.78, 5) is 25.1. The summed E-state index contributed by atoms with van der Waals surface area (Å²) in [7, 11) is 0. The highest BCUT2D eigenvalue weighted by Gasteiger charge is 2.71. The number of amides is 1. The molecule has 3 unspecified atom stereocenters. The lowest BCUT2D eigenvalue weighted by Crippen LogP contribution is -2.67. The average Bonchev–Trinajstić information content (AvgIpc) is 3.22. The zero-order valence-electron chi connectivity index (χ0n) is 24.5. The molecule has 3 N–H and O–H groups in total. The first kappa shape index (κ1) is 27.5. The standard InChI is InChI=1S/C32H53NO4/c1-19(2)20-10-15-32(27(37)33-18-25(35)36)17-16-30(6)21(26(20)32)8-9-23-29(5)13-12-24(34)28(3,4)22(29)11-14-31(23,30)7/h19-24,26,34H,8-18H2,1-7H3,(H,33,37)(H,35,36)/t20-,21?,22?,23?,24+,26-,29-,30+,31+,32-/m0/s1. The number of carboxylic acids is 1. The summed E-state index contributed by atoms with van der Waals surface area (Å²) in [6.07, 6.45) is 10.6. The predicted octanol–water partition coefficient (Wildman–Crippen LogP) is 6.29. The van der Waals surface area contributed by atoms with E-state index >= 15 is 0 Å². The van der Waals surface area contributed by atoms with Crippen molar-refractivity contribution in [3.8, 4) is 0 Å². The van der Waals surface area contributed by atoms with Crippen LogP contribution in [0, 0.1) is 62.6 Å². The Morgan fingerprint density at radius 1 is 0.838 bits per heavy atom. The van der Waals surface area contributed by atoms with Crippen LogP contribution in [-0.2, 0) is 9.59 Å². The lowest BCUT2D eigenvalue weighted by molar-refractivity contribution is -0.248. The van der Waals surface area contributed by atoms with E-state index < -0.39 is 11.4 Å². The van der Waals surface area contributed by atoms with Gasteiger partial charge in [-0.05, 0) is 121 Å². The van der Waals surface area contributed by atoms with Gasteiger partial charge in [-0.25, -0.2) is 0 Å². The minimum Gasteiger partial charge on any atom is -0.480 e. The molecule has 5 nitrogen and oxygen atoms in total. The van der Waals surface area contributed by atoms with E-state index in [1.165, 1.54) is 25.7 Å². The lowest BCUT2D eigenvalue weighted by Gasteiger charge is -2.72. The molecule has 0 bridgehead atoms. The molecule has 0 radical (unpaired) electrons. The molecule has 5 rings (SSSR count). The minimum atomic E-state index is -0.959. The number of fused-ring (bicyclic) bond motifs is 7. The number of rotatable bonds is 4. The van der Waals surface area contributed by atoms with E-state index in [4.69, 9.17) is 0 Å². The Morgan fingerprint density at radius 3 is 2.19 bits per heavy atom. The smallest absolute Gasteiger partial charge is 0.322 e. The number of aliphatic carboxylic acids is 1. The summed E-state index contributed by atoms with van der Waals surface area (Å²) in [5, 5.41) is 23.1. The number of carbonyl (C=O) groups excluding carboxylic acids is 1. The molecule has 5 heteroatoms. The minimum absolute atomic E-state index is 0.0102. The second-order valence-corrected chi connectivity index (χ2v) is 15.7. The van der Waals surface area contributed by atoms with Gasteiger partial charge in [0.25, 0.3) is 0 Å². The molecule has 1 amide bonds. The first-order valence-corrected chi connectivity index (χ1v) is 15.3. The van der Waals surface area contributed by atoms with Gasteiger partial charge in [-0.2, -0.15) is 0 Å². The van der Waals surface area contributed by atoms with Crippen molar-refractivity contribution in [2.75, 3.05) is 6.54 Å². The summed E-state index contributed by atoms with van der Waals surface area (Å²) in [6, 6.07) is 0. The predicted molar refractivity (Wildman–Crippen MR) is 146 cm³/mol. The van der Waals surface area contributed by atoms with E-state index in [0.717, 1.165) is 38.5 Å². The quantitative estimate of drug-likeness (QED) is 0.411. The van der Waals surface area contributed by atoms with Gasteiger partial charge < -0.3 is 15.5 Å². The molecule has 210 valence electrons. The Bertz CT molecular complexity index is 945. The second kappa shape index (κ2) is 8.70. The SMILES string of the molecule is CC(C)[C@@H]1CC[C@]2(C(=O)NCC(=O)O)CC[C@]3(C)C(CCC4[C@@]5(C)CC[C@@H](O)C(C)(C)C5CC[C@]43C)[C@H]12. The third-order valence-electron chi connectivity index (χ3n) is 14.2. The van der Waals surface area contributed by atoms with Crippen molar-refractivity contribution in [3.63, 3.8) is 0 Å². The van der Waals surface area contributed by atoms with E-state index in [-0.39, 0.29) is 40.2 Å². The summed E-state index contributed by atoms with van der Waals surface area (Å²) >= 11 is 0. The zero-order valence-corrected chi connectivity index (χ0v) is 24.5. The van der Waals surface area contributed by atoms with Gasteiger partial charge in [0, 0.05) is 0 Å². The number of aliphatic hydroxyl groups excluding tert-OH is 1. The van der Waals surface area contributed by atoms with E-state index in [2.05, 4.69) is 53.8 Å². The molecule has 37 heavy (non-hydrogen) atoms. The topological polar surface area (TPSA) is 86.6 Å². The molecule has 0 aromatic carbocycles. The normalized spacial score (nSPS) is 50.4. The van der Waals surface area contributed by atoms with Crippen LogP contribution in [0.4, 0.5) is 0 Å². The first-order chi connectivity index (χ1) is 17.1. The van der Waals surface area contributed by atoms with Crippen molar-refractivity contribution in [2.45, 2.75) is 119 Å².